The van der Waals surface area contributed by atoms with E-state index < -0.39 is 0 Å². The van der Waals surface area contributed by atoms with Crippen LogP contribution in [0.5, 0.6) is 5.75 Å². The van der Waals surface area contributed by atoms with Crippen LogP contribution >= 0.6 is 0 Å². The SMILES string of the molecule is CC(=O)c1cccc(OCC(=O)Nc2ccc(C#N)cc2)c1. The molecule has 22 heavy (non-hydrogen) atoms. The first-order chi connectivity index (χ1) is 10.6. The fourth-order valence-electron chi connectivity index (χ4n) is 1.78. The highest BCUT2D eigenvalue weighted by atomic mass is 16.5. The van der Waals surface area contributed by atoms with Crippen LogP contribution in [0, 0.1) is 11.3 Å². The van der Waals surface area contributed by atoms with Crippen molar-refractivity contribution in [3.8, 4) is 11.8 Å². The van der Waals surface area contributed by atoms with Crippen molar-refractivity contribution in [2.24, 2.45) is 0 Å². The average molecular weight is 294 g/mol. The largest absolute Gasteiger partial charge is 0.484 e. The molecule has 0 heterocycles. The lowest BCUT2D eigenvalue weighted by Crippen LogP contribution is -2.20. The van der Waals surface area contributed by atoms with Crippen LogP contribution in [0.4, 0.5) is 5.69 Å². The normalized spacial score (nSPS) is 9.64. The maximum atomic E-state index is 11.8. The number of nitrogens with zero attached hydrogens (tertiary/aromatic N) is 1. The highest BCUT2D eigenvalue weighted by Crippen LogP contribution is 2.14. The molecule has 5 nitrogen and oxygen atoms in total. The van der Waals surface area contributed by atoms with E-state index in [0.29, 0.717) is 22.6 Å². The lowest BCUT2D eigenvalue weighted by molar-refractivity contribution is -0.118. The molecule has 2 aromatic carbocycles. The van der Waals surface area contributed by atoms with Gasteiger partial charge in [-0.25, -0.2) is 0 Å². The molecule has 1 amide bonds. The van der Waals surface area contributed by atoms with E-state index in [-0.39, 0.29) is 18.3 Å². The Hall–Kier alpha value is -3.13. The first-order valence-electron chi connectivity index (χ1n) is 6.62. The molecule has 110 valence electrons. The highest BCUT2D eigenvalue weighted by molar-refractivity contribution is 5.94. The average Bonchev–Trinajstić information content (AvgIpc) is 2.54. The third-order valence-corrected chi connectivity index (χ3v) is 2.91. The number of hydrogen-bond donors (Lipinski definition) is 1. The van der Waals surface area contributed by atoms with E-state index in [4.69, 9.17) is 10.00 Å². The van der Waals surface area contributed by atoms with E-state index in [2.05, 4.69) is 5.32 Å². The van der Waals surface area contributed by atoms with Crippen molar-refractivity contribution < 1.29 is 14.3 Å². The molecule has 0 radical (unpaired) electrons. The lowest BCUT2D eigenvalue weighted by Gasteiger charge is -2.08. The fraction of sp³-hybridized carbons (Fsp3) is 0.118. The second-order valence-electron chi connectivity index (χ2n) is 4.61. The van der Waals surface area contributed by atoms with Gasteiger partial charge in [-0.2, -0.15) is 5.26 Å². The van der Waals surface area contributed by atoms with E-state index >= 15 is 0 Å². The predicted octanol–water partition coefficient (Wildman–Crippen LogP) is 2.78. The van der Waals surface area contributed by atoms with Crippen molar-refractivity contribution in [2.45, 2.75) is 6.92 Å². The molecule has 0 aliphatic carbocycles. The molecule has 0 aromatic heterocycles. The quantitative estimate of drug-likeness (QED) is 0.860. The Balaban J connectivity index is 1.91. The van der Waals surface area contributed by atoms with E-state index in [9.17, 15) is 9.59 Å². The number of benzene rings is 2. The van der Waals surface area contributed by atoms with Crippen molar-refractivity contribution >= 4 is 17.4 Å². The molecule has 0 bridgehead atoms. The van der Waals surface area contributed by atoms with Crippen molar-refractivity contribution in [1.29, 1.82) is 5.26 Å². The summed E-state index contributed by atoms with van der Waals surface area (Å²) in [7, 11) is 0. The van der Waals surface area contributed by atoms with Gasteiger partial charge in [0.05, 0.1) is 11.6 Å². The Kier molecular flexibility index (Phi) is 4.89. The Labute approximate surface area is 128 Å². The second kappa shape index (κ2) is 7.04. The summed E-state index contributed by atoms with van der Waals surface area (Å²) in [6, 6.07) is 15.2. The van der Waals surface area contributed by atoms with Gasteiger partial charge in [0.15, 0.2) is 12.4 Å². The molecule has 0 saturated heterocycles. The number of nitriles is 1. The first-order valence-corrected chi connectivity index (χ1v) is 6.62. The molecular formula is C17H14N2O3. The van der Waals surface area contributed by atoms with Gasteiger partial charge < -0.3 is 10.1 Å². The van der Waals surface area contributed by atoms with Gasteiger partial charge >= 0.3 is 0 Å². The summed E-state index contributed by atoms with van der Waals surface area (Å²) >= 11 is 0. The Morgan fingerprint density at radius 3 is 2.55 bits per heavy atom. The zero-order valence-corrected chi connectivity index (χ0v) is 12.0. The number of amides is 1. The molecule has 0 fully saturated rings. The van der Waals surface area contributed by atoms with Crippen LogP contribution in [-0.4, -0.2) is 18.3 Å². The Morgan fingerprint density at radius 1 is 1.18 bits per heavy atom. The molecule has 1 N–H and O–H groups in total. The summed E-state index contributed by atoms with van der Waals surface area (Å²) < 4.78 is 5.36. The number of carbonyl (C=O) groups is 2. The van der Waals surface area contributed by atoms with Crippen LogP contribution < -0.4 is 10.1 Å². The number of rotatable bonds is 5. The summed E-state index contributed by atoms with van der Waals surface area (Å²) in [5, 5.41) is 11.4. The maximum absolute atomic E-state index is 11.8. The molecule has 5 heteroatoms. The molecule has 0 aliphatic heterocycles. The van der Waals surface area contributed by atoms with E-state index in [1.807, 2.05) is 6.07 Å². The zero-order chi connectivity index (χ0) is 15.9. The molecule has 0 unspecified atom stereocenters. The summed E-state index contributed by atoms with van der Waals surface area (Å²) in [5.41, 5.74) is 1.64. The van der Waals surface area contributed by atoms with E-state index in [1.165, 1.54) is 6.92 Å². The number of hydrogen-bond acceptors (Lipinski definition) is 4. The standard InChI is InChI=1S/C17H14N2O3/c1-12(20)14-3-2-4-16(9-14)22-11-17(21)19-15-7-5-13(10-18)6-8-15/h2-9H,11H2,1H3,(H,19,21). The van der Waals surface area contributed by atoms with Crippen LogP contribution in [0.1, 0.15) is 22.8 Å². The van der Waals surface area contributed by atoms with Crippen LogP contribution in [0.3, 0.4) is 0 Å². The molecule has 0 saturated carbocycles. The van der Waals surface area contributed by atoms with Crippen molar-refractivity contribution in [1.82, 2.24) is 0 Å². The van der Waals surface area contributed by atoms with Gasteiger partial charge in [-0.05, 0) is 43.3 Å². The molecule has 2 aromatic rings. The minimum Gasteiger partial charge on any atom is -0.484 e. The number of anilines is 1. The van der Waals surface area contributed by atoms with Gasteiger partial charge in [-0.3, -0.25) is 9.59 Å². The van der Waals surface area contributed by atoms with Crippen LogP contribution in [0.15, 0.2) is 48.5 Å². The van der Waals surface area contributed by atoms with Gasteiger partial charge in [0.2, 0.25) is 0 Å². The third-order valence-electron chi connectivity index (χ3n) is 2.91. The molecule has 0 atom stereocenters. The topological polar surface area (TPSA) is 79.2 Å². The molecule has 2 rings (SSSR count). The number of Topliss-reactive ketones (excluding diaryl/α,β-unsaturated/α-hetero) is 1. The van der Waals surface area contributed by atoms with Crippen LogP contribution in [-0.2, 0) is 4.79 Å². The van der Waals surface area contributed by atoms with Crippen molar-refractivity contribution in [3.05, 3.63) is 59.7 Å². The maximum Gasteiger partial charge on any atom is 0.262 e. The molecular weight excluding hydrogens is 280 g/mol. The number of nitrogens with one attached hydrogen (secondary N) is 1. The summed E-state index contributed by atoms with van der Waals surface area (Å²) in [6.07, 6.45) is 0. The Morgan fingerprint density at radius 2 is 1.91 bits per heavy atom. The molecule has 0 spiro atoms. The van der Waals surface area contributed by atoms with Gasteiger partial charge in [0.25, 0.3) is 5.91 Å². The minimum atomic E-state index is -0.321. The smallest absolute Gasteiger partial charge is 0.262 e. The van der Waals surface area contributed by atoms with Crippen LogP contribution in [0.25, 0.3) is 0 Å². The number of ether oxygens (including phenoxy) is 1. The van der Waals surface area contributed by atoms with E-state index in [1.54, 1.807) is 48.5 Å². The number of carbonyl (C=O) groups excluding carboxylic acids is 2. The zero-order valence-electron chi connectivity index (χ0n) is 12.0. The minimum absolute atomic E-state index is 0.0625. The summed E-state index contributed by atoms with van der Waals surface area (Å²) in [4.78, 5) is 23.1. The first kappa shape index (κ1) is 15.3. The van der Waals surface area contributed by atoms with Crippen molar-refractivity contribution in [2.75, 3.05) is 11.9 Å². The predicted molar refractivity (Wildman–Crippen MR) is 81.7 cm³/mol. The third kappa shape index (κ3) is 4.18. The highest BCUT2D eigenvalue weighted by Gasteiger charge is 2.05. The Bertz CT molecular complexity index is 730. The van der Waals surface area contributed by atoms with Crippen molar-refractivity contribution in [3.63, 3.8) is 0 Å². The fourth-order valence-corrected chi connectivity index (χ4v) is 1.78. The molecule has 0 aliphatic rings. The van der Waals surface area contributed by atoms with Crippen LogP contribution in [0.2, 0.25) is 0 Å². The van der Waals surface area contributed by atoms with E-state index in [0.717, 1.165) is 0 Å². The van der Waals surface area contributed by atoms with Gasteiger partial charge in [-0.15, -0.1) is 0 Å². The van der Waals surface area contributed by atoms with Gasteiger partial charge in [0.1, 0.15) is 5.75 Å². The van der Waals surface area contributed by atoms with Gasteiger partial charge in [0, 0.05) is 11.3 Å². The monoisotopic (exact) mass is 294 g/mol. The van der Waals surface area contributed by atoms with Gasteiger partial charge in [-0.1, -0.05) is 12.1 Å². The summed E-state index contributed by atoms with van der Waals surface area (Å²) in [6.45, 7) is 1.30. The summed E-state index contributed by atoms with van der Waals surface area (Å²) in [5.74, 6) is 0.0769. The number of ketones is 1. The lowest BCUT2D eigenvalue weighted by atomic mass is 10.1. The second-order valence-corrected chi connectivity index (χ2v) is 4.61.